The van der Waals surface area contributed by atoms with Gasteiger partial charge in [-0.3, -0.25) is 0 Å². The van der Waals surface area contributed by atoms with Gasteiger partial charge in [-0.25, -0.2) is 4.99 Å². The monoisotopic (exact) mass is 363 g/mol. The SMILES string of the molecule is CCNC(=NCc1cc(OC)ccc1O)NCCCOC1CCCCC1. The van der Waals surface area contributed by atoms with Gasteiger partial charge in [-0.05, 0) is 44.4 Å². The van der Waals surface area contributed by atoms with Crippen molar-refractivity contribution in [2.24, 2.45) is 4.99 Å². The first-order valence-corrected chi connectivity index (χ1v) is 9.72. The molecule has 0 amide bonds. The third-order valence-electron chi connectivity index (χ3n) is 4.56. The molecule has 0 unspecified atom stereocenters. The van der Waals surface area contributed by atoms with E-state index >= 15 is 0 Å². The highest BCUT2D eigenvalue weighted by molar-refractivity contribution is 5.79. The van der Waals surface area contributed by atoms with Gasteiger partial charge in [-0.15, -0.1) is 0 Å². The molecule has 0 aromatic heterocycles. The first kappa shape index (κ1) is 20.4. The van der Waals surface area contributed by atoms with Crippen LogP contribution in [0.15, 0.2) is 23.2 Å². The van der Waals surface area contributed by atoms with E-state index in [2.05, 4.69) is 15.6 Å². The standard InChI is InChI=1S/C20H33N3O3/c1-3-21-20(22-12-7-13-26-17-8-5-4-6-9-17)23-15-16-14-18(25-2)10-11-19(16)24/h10-11,14,17,24H,3-9,12-13,15H2,1-2H3,(H2,21,22,23). The Kier molecular flexibility index (Phi) is 9.10. The smallest absolute Gasteiger partial charge is 0.191 e. The maximum absolute atomic E-state index is 9.96. The predicted molar refractivity (Wildman–Crippen MR) is 105 cm³/mol. The minimum absolute atomic E-state index is 0.228. The van der Waals surface area contributed by atoms with Gasteiger partial charge >= 0.3 is 0 Å². The van der Waals surface area contributed by atoms with Crippen LogP contribution in [0.4, 0.5) is 0 Å². The molecule has 2 rings (SSSR count). The number of phenolic OH excluding ortho intramolecular Hbond substituents is 1. The van der Waals surface area contributed by atoms with Gasteiger partial charge in [0.1, 0.15) is 11.5 Å². The van der Waals surface area contributed by atoms with Crippen LogP contribution in [0.2, 0.25) is 0 Å². The molecule has 0 bridgehead atoms. The van der Waals surface area contributed by atoms with Gasteiger partial charge in [0.05, 0.1) is 19.8 Å². The van der Waals surface area contributed by atoms with Crippen molar-refractivity contribution in [3.8, 4) is 11.5 Å². The van der Waals surface area contributed by atoms with E-state index in [4.69, 9.17) is 9.47 Å². The average Bonchev–Trinajstić information content (AvgIpc) is 2.67. The topological polar surface area (TPSA) is 75.1 Å². The summed E-state index contributed by atoms with van der Waals surface area (Å²) in [6, 6.07) is 5.17. The Hall–Kier alpha value is -1.95. The number of rotatable bonds is 9. The van der Waals surface area contributed by atoms with Crippen molar-refractivity contribution in [2.45, 2.75) is 58.1 Å². The summed E-state index contributed by atoms with van der Waals surface area (Å²) in [4.78, 5) is 4.55. The number of nitrogens with one attached hydrogen (secondary N) is 2. The maximum atomic E-state index is 9.96. The molecule has 6 nitrogen and oxygen atoms in total. The molecule has 1 aliphatic carbocycles. The van der Waals surface area contributed by atoms with Crippen LogP contribution >= 0.6 is 0 Å². The van der Waals surface area contributed by atoms with Crippen molar-refractivity contribution < 1.29 is 14.6 Å². The number of aromatic hydroxyl groups is 1. The molecule has 1 aromatic rings. The highest BCUT2D eigenvalue weighted by atomic mass is 16.5. The highest BCUT2D eigenvalue weighted by Crippen LogP contribution is 2.23. The van der Waals surface area contributed by atoms with E-state index in [0.29, 0.717) is 18.4 Å². The number of hydrogen-bond acceptors (Lipinski definition) is 4. The van der Waals surface area contributed by atoms with Crippen molar-refractivity contribution in [2.75, 3.05) is 26.8 Å². The lowest BCUT2D eigenvalue weighted by Gasteiger charge is -2.22. The largest absolute Gasteiger partial charge is 0.508 e. The summed E-state index contributed by atoms with van der Waals surface area (Å²) < 4.78 is 11.1. The van der Waals surface area contributed by atoms with Crippen LogP contribution in [-0.2, 0) is 11.3 Å². The zero-order valence-corrected chi connectivity index (χ0v) is 16.1. The van der Waals surface area contributed by atoms with Crippen molar-refractivity contribution in [1.29, 1.82) is 0 Å². The zero-order chi connectivity index (χ0) is 18.6. The lowest BCUT2D eigenvalue weighted by molar-refractivity contribution is 0.0277. The molecule has 6 heteroatoms. The van der Waals surface area contributed by atoms with Gasteiger partial charge in [0.25, 0.3) is 0 Å². The first-order chi connectivity index (χ1) is 12.7. The number of ether oxygens (including phenoxy) is 2. The van der Waals surface area contributed by atoms with Gasteiger partial charge in [0.2, 0.25) is 0 Å². The van der Waals surface area contributed by atoms with E-state index in [1.54, 1.807) is 25.3 Å². The number of aliphatic imine (C=N–C) groups is 1. The van der Waals surface area contributed by atoms with Crippen LogP contribution in [0, 0.1) is 0 Å². The molecule has 3 N–H and O–H groups in total. The fraction of sp³-hybridized carbons (Fsp3) is 0.650. The molecule has 1 aliphatic rings. The Labute approximate surface area is 157 Å². The van der Waals surface area contributed by atoms with Crippen LogP contribution in [0.5, 0.6) is 11.5 Å². The average molecular weight is 364 g/mol. The Balaban J connectivity index is 1.75. The quantitative estimate of drug-likeness (QED) is 0.357. The fourth-order valence-corrected chi connectivity index (χ4v) is 3.08. The summed E-state index contributed by atoms with van der Waals surface area (Å²) in [6.07, 6.45) is 7.79. The molecule has 0 radical (unpaired) electrons. The number of phenols is 1. The second-order valence-corrected chi connectivity index (χ2v) is 6.60. The van der Waals surface area contributed by atoms with E-state index < -0.39 is 0 Å². The summed E-state index contributed by atoms with van der Waals surface area (Å²) >= 11 is 0. The normalized spacial score (nSPS) is 15.7. The minimum atomic E-state index is 0.228. The summed E-state index contributed by atoms with van der Waals surface area (Å²) in [7, 11) is 1.61. The van der Waals surface area contributed by atoms with Crippen molar-refractivity contribution in [1.82, 2.24) is 10.6 Å². The number of hydrogen-bond donors (Lipinski definition) is 3. The van der Waals surface area contributed by atoms with Crippen LogP contribution in [0.3, 0.4) is 0 Å². The lowest BCUT2D eigenvalue weighted by atomic mass is 9.98. The second-order valence-electron chi connectivity index (χ2n) is 6.60. The van der Waals surface area contributed by atoms with E-state index in [9.17, 15) is 5.11 Å². The molecule has 0 spiro atoms. The molecule has 1 aromatic carbocycles. The zero-order valence-electron chi connectivity index (χ0n) is 16.1. The van der Waals surface area contributed by atoms with Crippen LogP contribution in [0.1, 0.15) is 51.0 Å². The van der Waals surface area contributed by atoms with Gasteiger partial charge in [0.15, 0.2) is 5.96 Å². The third-order valence-corrected chi connectivity index (χ3v) is 4.56. The lowest BCUT2D eigenvalue weighted by Crippen LogP contribution is -2.38. The number of guanidine groups is 1. The second kappa shape index (κ2) is 11.6. The fourth-order valence-electron chi connectivity index (χ4n) is 3.08. The molecule has 26 heavy (non-hydrogen) atoms. The Morgan fingerprint density at radius 1 is 1.23 bits per heavy atom. The minimum Gasteiger partial charge on any atom is -0.508 e. The van der Waals surface area contributed by atoms with Crippen LogP contribution < -0.4 is 15.4 Å². The molecular formula is C20H33N3O3. The molecular weight excluding hydrogens is 330 g/mol. The van der Waals surface area contributed by atoms with Crippen molar-refractivity contribution in [3.63, 3.8) is 0 Å². The van der Waals surface area contributed by atoms with Gasteiger partial charge in [0, 0.05) is 25.3 Å². The molecule has 1 saturated carbocycles. The highest BCUT2D eigenvalue weighted by Gasteiger charge is 2.13. The van der Waals surface area contributed by atoms with E-state index in [1.165, 1.54) is 32.1 Å². The van der Waals surface area contributed by atoms with Gasteiger partial charge < -0.3 is 25.2 Å². The van der Waals surface area contributed by atoms with Crippen LogP contribution in [-0.4, -0.2) is 44.0 Å². The van der Waals surface area contributed by atoms with Gasteiger partial charge in [-0.2, -0.15) is 0 Å². The Morgan fingerprint density at radius 2 is 2.04 bits per heavy atom. The van der Waals surface area contributed by atoms with E-state index in [-0.39, 0.29) is 5.75 Å². The maximum Gasteiger partial charge on any atom is 0.191 e. The number of methoxy groups -OCH3 is 1. The number of benzene rings is 1. The molecule has 0 heterocycles. The number of nitrogens with zero attached hydrogens (tertiary/aromatic N) is 1. The summed E-state index contributed by atoms with van der Waals surface area (Å²) in [5, 5.41) is 16.5. The Morgan fingerprint density at radius 3 is 2.77 bits per heavy atom. The van der Waals surface area contributed by atoms with E-state index in [1.807, 2.05) is 6.92 Å². The summed E-state index contributed by atoms with van der Waals surface area (Å²) in [5.74, 6) is 1.68. The first-order valence-electron chi connectivity index (χ1n) is 9.72. The predicted octanol–water partition coefficient (Wildman–Crippen LogP) is 3.20. The van der Waals surface area contributed by atoms with Crippen molar-refractivity contribution in [3.05, 3.63) is 23.8 Å². The molecule has 146 valence electrons. The Bertz CT molecular complexity index is 557. The molecule has 1 fully saturated rings. The third kappa shape index (κ3) is 7.12. The van der Waals surface area contributed by atoms with Crippen LogP contribution in [0.25, 0.3) is 0 Å². The van der Waals surface area contributed by atoms with Gasteiger partial charge in [-0.1, -0.05) is 19.3 Å². The van der Waals surface area contributed by atoms with E-state index in [0.717, 1.165) is 37.6 Å². The molecule has 0 atom stereocenters. The van der Waals surface area contributed by atoms with Crippen molar-refractivity contribution >= 4 is 5.96 Å². The molecule has 0 aliphatic heterocycles. The summed E-state index contributed by atoms with van der Waals surface area (Å²) in [6.45, 7) is 4.80. The molecule has 0 saturated heterocycles. The summed E-state index contributed by atoms with van der Waals surface area (Å²) in [5.41, 5.74) is 0.738.